The van der Waals surface area contributed by atoms with Crippen LogP contribution in [0.3, 0.4) is 0 Å². The first-order valence-electron chi connectivity index (χ1n) is 8.16. The van der Waals surface area contributed by atoms with Crippen LogP contribution in [0.15, 0.2) is 40.1 Å². The highest BCUT2D eigenvalue weighted by Crippen LogP contribution is 2.14. The summed E-state index contributed by atoms with van der Waals surface area (Å²) in [6.07, 6.45) is 1.45. The van der Waals surface area contributed by atoms with E-state index < -0.39 is 11.2 Å². The van der Waals surface area contributed by atoms with Crippen LogP contribution in [0.1, 0.15) is 0 Å². The summed E-state index contributed by atoms with van der Waals surface area (Å²) in [4.78, 5) is 38.5. The van der Waals surface area contributed by atoms with Crippen LogP contribution >= 0.6 is 0 Å². The van der Waals surface area contributed by atoms with Gasteiger partial charge in [-0.2, -0.15) is 4.98 Å². The van der Waals surface area contributed by atoms with Crippen molar-refractivity contribution >= 4 is 17.0 Å². The lowest BCUT2D eigenvalue weighted by Crippen LogP contribution is -2.38. The molecule has 3 aromatic rings. The number of fused-ring (bicyclic) bond motifs is 1. The number of nitrogens with one attached hydrogen (secondary N) is 1. The lowest BCUT2D eigenvalue weighted by molar-refractivity contribution is 0.122. The zero-order valence-corrected chi connectivity index (χ0v) is 14.1. The van der Waals surface area contributed by atoms with E-state index in [1.165, 1.54) is 6.20 Å². The summed E-state index contributed by atoms with van der Waals surface area (Å²) < 4.78 is 11.5. The minimum absolute atomic E-state index is 0.223. The number of H-pyrrole nitrogens is 1. The quantitative estimate of drug-likeness (QED) is 0.721. The maximum atomic E-state index is 12.8. The minimum Gasteiger partial charge on any atom is -0.497 e. The van der Waals surface area contributed by atoms with Crippen LogP contribution in [0.2, 0.25) is 0 Å². The largest absolute Gasteiger partial charge is 0.497 e. The van der Waals surface area contributed by atoms with Gasteiger partial charge in [0.1, 0.15) is 11.1 Å². The summed E-state index contributed by atoms with van der Waals surface area (Å²) in [6, 6.07) is 6.65. The van der Waals surface area contributed by atoms with Gasteiger partial charge in [0.25, 0.3) is 5.56 Å². The van der Waals surface area contributed by atoms with Crippen LogP contribution in [0, 0.1) is 0 Å². The zero-order chi connectivity index (χ0) is 18.1. The molecule has 1 N–H and O–H groups in total. The van der Waals surface area contributed by atoms with Gasteiger partial charge in [0.2, 0.25) is 5.95 Å². The number of aromatic nitrogens is 4. The van der Waals surface area contributed by atoms with Crippen molar-refractivity contribution in [3.8, 4) is 11.4 Å². The van der Waals surface area contributed by atoms with Crippen LogP contribution in [0.4, 0.5) is 5.95 Å². The Bertz CT molecular complexity index is 1050. The Balaban J connectivity index is 1.81. The van der Waals surface area contributed by atoms with Crippen molar-refractivity contribution in [1.82, 2.24) is 19.5 Å². The molecule has 1 fully saturated rings. The third-order valence-electron chi connectivity index (χ3n) is 4.26. The van der Waals surface area contributed by atoms with Crippen molar-refractivity contribution in [3.05, 3.63) is 51.3 Å². The molecule has 0 saturated carbocycles. The Morgan fingerprint density at radius 3 is 2.58 bits per heavy atom. The Kier molecular flexibility index (Phi) is 4.13. The third kappa shape index (κ3) is 2.82. The van der Waals surface area contributed by atoms with Gasteiger partial charge < -0.3 is 14.4 Å². The molecule has 0 spiro atoms. The molecule has 1 saturated heterocycles. The fourth-order valence-corrected chi connectivity index (χ4v) is 2.88. The predicted octanol–water partition coefficient (Wildman–Crippen LogP) is 0.314. The second kappa shape index (κ2) is 6.60. The number of methoxy groups -OCH3 is 1. The number of anilines is 1. The summed E-state index contributed by atoms with van der Waals surface area (Å²) in [6.45, 7) is 2.52. The van der Waals surface area contributed by atoms with E-state index in [0.29, 0.717) is 43.7 Å². The van der Waals surface area contributed by atoms with Crippen LogP contribution in [0.5, 0.6) is 5.75 Å². The van der Waals surface area contributed by atoms with Gasteiger partial charge in [-0.15, -0.1) is 0 Å². The number of nitrogens with zero attached hydrogens (tertiary/aromatic N) is 4. The molecular formula is C17H17N5O4. The van der Waals surface area contributed by atoms with Crippen LogP contribution in [-0.4, -0.2) is 52.9 Å². The molecule has 0 atom stereocenters. The second-order valence-corrected chi connectivity index (χ2v) is 5.80. The molecule has 134 valence electrons. The highest BCUT2D eigenvalue weighted by molar-refractivity contribution is 5.73. The van der Waals surface area contributed by atoms with Crippen molar-refractivity contribution in [1.29, 1.82) is 0 Å². The molecule has 9 nitrogen and oxygen atoms in total. The van der Waals surface area contributed by atoms with Crippen molar-refractivity contribution in [2.45, 2.75) is 0 Å². The molecule has 0 radical (unpaired) electrons. The number of morpholine rings is 1. The maximum absolute atomic E-state index is 12.8. The molecular weight excluding hydrogens is 338 g/mol. The molecule has 1 aromatic carbocycles. The van der Waals surface area contributed by atoms with Gasteiger partial charge >= 0.3 is 5.69 Å². The van der Waals surface area contributed by atoms with Gasteiger partial charge in [0.15, 0.2) is 5.65 Å². The van der Waals surface area contributed by atoms with Crippen molar-refractivity contribution in [3.63, 3.8) is 0 Å². The summed E-state index contributed by atoms with van der Waals surface area (Å²) in [5.74, 6) is 1.11. The monoisotopic (exact) mass is 355 g/mol. The van der Waals surface area contributed by atoms with Gasteiger partial charge in [-0.1, -0.05) is 0 Å². The van der Waals surface area contributed by atoms with E-state index in [1.807, 2.05) is 4.90 Å². The fourth-order valence-electron chi connectivity index (χ4n) is 2.88. The molecule has 26 heavy (non-hydrogen) atoms. The molecule has 3 heterocycles. The topological polar surface area (TPSA) is 102 Å². The second-order valence-electron chi connectivity index (χ2n) is 5.80. The fraction of sp³-hybridized carbons (Fsp3) is 0.294. The highest BCUT2D eigenvalue weighted by Gasteiger charge is 2.16. The smallest absolute Gasteiger partial charge is 0.334 e. The Morgan fingerprint density at radius 1 is 1.15 bits per heavy atom. The average Bonchev–Trinajstić information content (AvgIpc) is 2.69. The molecule has 1 aliphatic rings. The van der Waals surface area contributed by atoms with Crippen LogP contribution < -0.4 is 20.9 Å². The molecule has 2 aromatic heterocycles. The van der Waals surface area contributed by atoms with Crippen molar-refractivity contribution in [2.24, 2.45) is 0 Å². The molecule has 1 aliphatic heterocycles. The van der Waals surface area contributed by atoms with Crippen molar-refractivity contribution in [2.75, 3.05) is 38.3 Å². The first kappa shape index (κ1) is 16.3. The first-order chi connectivity index (χ1) is 12.7. The molecule has 0 aliphatic carbocycles. The van der Waals surface area contributed by atoms with Gasteiger partial charge in [-0.25, -0.2) is 14.3 Å². The molecule has 4 rings (SSSR count). The lowest BCUT2D eigenvalue weighted by Gasteiger charge is -2.26. The van der Waals surface area contributed by atoms with Crippen LogP contribution in [0.25, 0.3) is 16.7 Å². The minimum atomic E-state index is -0.556. The van der Waals surface area contributed by atoms with Crippen molar-refractivity contribution < 1.29 is 9.47 Å². The number of ether oxygens (including phenoxy) is 2. The third-order valence-corrected chi connectivity index (χ3v) is 4.26. The van der Waals surface area contributed by atoms with Gasteiger partial charge in [0, 0.05) is 19.3 Å². The van der Waals surface area contributed by atoms with E-state index in [2.05, 4.69) is 15.0 Å². The summed E-state index contributed by atoms with van der Waals surface area (Å²) in [5, 5.41) is 0.248. The first-order valence-corrected chi connectivity index (χ1v) is 8.16. The number of aromatic amines is 1. The number of rotatable bonds is 3. The molecule has 9 heteroatoms. The Hall–Kier alpha value is -3.20. The predicted molar refractivity (Wildman–Crippen MR) is 95.3 cm³/mol. The number of hydrogen-bond acceptors (Lipinski definition) is 7. The van der Waals surface area contributed by atoms with E-state index in [0.717, 1.165) is 4.57 Å². The highest BCUT2D eigenvalue weighted by atomic mass is 16.5. The van der Waals surface area contributed by atoms with E-state index in [9.17, 15) is 9.59 Å². The molecule has 0 unspecified atom stereocenters. The van der Waals surface area contributed by atoms with E-state index in [4.69, 9.17) is 9.47 Å². The molecule has 0 amide bonds. The average molecular weight is 355 g/mol. The summed E-state index contributed by atoms with van der Waals surface area (Å²) >= 11 is 0. The molecule has 0 bridgehead atoms. The Labute approximate surface area is 147 Å². The van der Waals surface area contributed by atoms with E-state index in [1.54, 1.807) is 31.4 Å². The van der Waals surface area contributed by atoms with Gasteiger partial charge in [-0.05, 0) is 24.3 Å². The SMILES string of the molecule is COc1ccc(-n2c(=O)[nH]c3nc(N4CCOCC4)ncc3c2=O)cc1. The number of hydrogen-bond donors (Lipinski definition) is 1. The maximum Gasteiger partial charge on any atom is 0.334 e. The zero-order valence-electron chi connectivity index (χ0n) is 14.1. The standard InChI is InChI=1S/C17H17N5O4/c1-25-12-4-2-11(3-5-12)22-15(23)13-10-18-16(19-14(13)20-17(22)24)21-6-8-26-9-7-21/h2-5,10H,6-9H2,1H3,(H,18,19,20,24). The van der Waals surface area contributed by atoms with Gasteiger partial charge in [0.05, 0.1) is 26.0 Å². The van der Waals surface area contributed by atoms with Crippen LogP contribution in [-0.2, 0) is 4.74 Å². The van der Waals surface area contributed by atoms with E-state index >= 15 is 0 Å². The normalized spacial score (nSPS) is 14.6. The Morgan fingerprint density at radius 2 is 1.88 bits per heavy atom. The van der Waals surface area contributed by atoms with Gasteiger partial charge in [-0.3, -0.25) is 9.78 Å². The number of benzene rings is 1. The summed E-state index contributed by atoms with van der Waals surface area (Å²) in [5.41, 5.74) is -0.362. The lowest BCUT2D eigenvalue weighted by atomic mass is 10.3. The summed E-state index contributed by atoms with van der Waals surface area (Å²) in [7, 11) is 1.55. The van der Waals surface area contributed by atoms with E-state index in [-0.39, 0.29) is 11.0 Å².